The lowest BCUT2D eigenvalue weighted by Gasteiger charge is -2.20. The van der Waals surface area contributed by atoms with Crippen LogP contribution < -0.4 is 5.73 Å². The number of phosphoric acid groups is 1. The molecule has 0 aromatic rings. The van der Waals surface area contributed by atoms with Gasteiger partial charge in [-0.3, -0.25) is 13.8 Å². The summed E-state index contributed by atoms with van der Waals surface area (Å²) < 4.78 is 33.6. The van der Waals surface area contributed by atoms with Crippen molar-refractivity contribution in [2.24, 2.45) is 5.73 Å². The third-order valence-corrected chi connectivity index (χ3v) is 12.2. The number of phosphoric ester groups is 1. The molecule has 0 spiro atoms. The van der Waals surface area contributed by atoms with Gasteiger partial charge in [0.15, 0.2) is 0 Å². The van der Waals surface area contributed by atoms with Crippen LogP contribution in [0.25, 0.3) is 0 Å². The summed E-state index contributed by atoms with van der Waals surface area (Å²) >= 11 is 0. The summed E-state index contributed by atoms with van der Waals surface area (Å²) in [5.74, 6) is -0.345. The summed E-state index contributed by atoms with van der Waals surface area (Å²) in [5.41, 5.74) is 5.40. The van der Waals surface area contributed by atoms with Crippen LogP contribution in [-0.2, 0) is 27.9 Å². The molecule has 0 amide bonds. The Kier molecular flexibility index (Phi) is 52.8. The summed E-state index contributed by atoms with van der Waals surface area (Å²) in [7, 11) is -4.30. The van der Waals surface area contributed by atoms with Gasteiger partial charge in [-0.05, 0) is 103 Å². The van der Waals surface area contributed by atoms with Gasteiger partial charge in [0.1, 0.15) is 6.10 Å². The van der Waals surface area contributed by atoms with Crippen LogP contribution in [0.4, 0.5) is 0 Å². The first-order chi connectivity index (χ1) is 33.4. The van der Waals surface area contributed by atoms with Gasteiger partial charge in [-0.25, -0.2) is 4.57 Å². The Morgan fingerprint density at radius 2 is 0.824 bits per heavy atom. The van der Waals surface area contributed by atoms with Crippen molar-refractivity contribution in [3.8, 4) is 0 Å². The van der Waals surface area contributed by atoms with Gasteiger partial charge in [-0.15, -0.1) is 0 Å². The van der Waals surface area contributed by atoms with Gasteiger partial charge in [-0.1, -0.05) is 220 Å². The van der Waals surface area contributed by atoms with Crippen LogP contribution in [0.3, 0.4) is 0 Å². The molecule has 0 aliphatic rings. The second kappa shape index (κ2) is 55.1. The monoisotopic (exact) mass is 968 g/mol. The average Bonchev–Trinajstić information content (AvgIpc) is 3.33. The van der Waals surface area contributed by atoms with Gasteiger partial charge in [-0.2, -0.15) is 0 Å². The number of unbranched alkanes of at least 4 members (excludes halogenated alkanes) is 20. The van der Waals surface area contributed by atoms with Crippen LogP contribution in [-0.4, -0.2) is 49.9 Å². The lowest BCUT2D eigenvalue weighted by Crippen LogP contribution is -2.28. The summed E-state index contributed by atoms with van der Waals surface area (Å²) in [4.78, 5) is 22.7. The largest absolute Gasteiger partial charge is 0.472 e. The summed E-state index contributed by atoms with van der Waals surface area (Å²) in [6, 6.07) is 0. The first kappa shape index (κ1) is 65.2. The lowest BCUT2D eigenvalue weighted by atomic mass is 10.0. The van der Waals surface area contributed by atoms with E-state index in [1.807, 2.05) is 0 Å². The molecule has 2 atom stereocenters. The molecule has 0 bridgehead atoms. The van der Waals surface area contributed by atoms with Crippen LogP contribution in [0, 0.1) is 0 Å². The summed E-state index contributed by atoms with van der Waals surface area (Å²) in [6.45, 7) is 4.74. The molecule has 0 aromatic carbocycles. The summed E-state index contributed by atoms with van der Waals surface area (Å²) in [5, 5.41) is 0. The lowest BCUT2D eigenvalue weighted by molar-refractivity contribution is -0.154. The van der Waals surface area contributed by atoms with Crippen molar-refractivity contribution >= 4 is 13.8 Å². The second-order valence-corrected chi connectivity index (χ2v) is 19.2. The Morgan fingerprint density at radius 1 is 0.456 bits per heavy atom. The number of allylic oxidation sites excluding steroid dienone is 18. The standard InChI is InChI=1S/C59H102NO7P/c1-3-5-7-9-11-13-15-17-19-21-23-25-27-29-30-32-34-36-38-40-42-44-46-48-50-52-59(61)67-58(57-66-68(62,63)65-55-53-60)56-64-54-51-49-47-45-43-41-39-37-35-33-31-28-26-24-22-20-18-16-14-12-10-8-6-4-2/h6,8,12,14-15,17-18,20-21,23-24,26-27,29,31,33,37,39,58H,3-5,7,9-11,13,16,19,22,25,28,30,32,34-36,38,40-57,60H2,1-2H3,(H,62,63)/b8-6-,14-12-,17-15-,20-18-,23-21-,26-24-,29-27-,33-31-,39-37-. The van der Waals surface area contributed by atoms with E-state index in [1.54, 1.807) is 0 Å². The molecule has 0 saturated carbocycles. The first-order valence-corrected chi connectivity index (χ1v) is 28.9. The van der Waals surface area contributed by atoms with Gasteiger partial charge >= 0.3 is 13.8 Å². The second-order valence-electron chi connectivity index (χ2n) is 17.7. The predicted molar refractivity (Wildman–Crippen MR) is 293 cm³/mol. The maximum Gasteiger partial charge on any atom is 0.472 e. The zero-order valence-corrected chi connectivity index (χ0v) is 44.4. The van der Waals surface area contributed by atoms with E-state index < -0.39 is 13.9 Å². The molecular weight excluding hydrogens is 866 g/mol. The molecule has 390 valence electrons. The molecule has 2 unspecified atom stereocenters. The van der Waals surface area contributed by atoms with Gasteiger partial charge in [0.2, 0.25) is 0 Å². The number of hydrogen-bond acceptors (Lipinski definition) is 7. The molecule has 0 aromatic heterocycles. The first-order valence-electron chi connectivity index (χ1n) is 27.4. The van der Waals surface area contributed by atoms with E-state index >= 15 is 0 Å². The van der Waals surface area contributed by atoms with Crippen LogP contribution in [0.5, 0.6) is 0 Å². The molecule has 9 heteroatoms. The van der Waals surface area contributed by atoms with Gasteiger partial charge in [0.05, 0.1) is 19.8 Å². The van der Waals surface area contributed by atoms with Crippen molar-refractivity contribution in [2.75, 3.05) is 33.0 Å². The number of esters is 1. The number of hydrogen-bond donors (Lipinski definition) is 2. The Balaban J connectivity index is 4.01. The Morgan fingerprint density at radius 3 is 1.24 bits per heavy atom. The van der Waals surface area contributed by atoms with Crippen molar-refractivity contribution in [1.82, 2.24) is 0 Å². The highest BCUT2D eigenvalue weighted by atomic mass is 31.2. The predicted octanol–water partition coefficient (Wildman–Crippen LogP) is 17.5. The Bertz CT molecular complexity index is 1410. The number of carbonyl (C=O) groups excluding carboxylic acids is 1. The van der Waals surface area contributed by atoms with Crippen molar-refractivity contribution in [3.63, 3.8) is 0 Å². The molecule has 0 rings (SSSR count). The highest BCUT2D eigenvalue weighted by molar-refractivity contribution is 7.47. The zero-order valence-electron chi connectivity index (χ0n) is 43.6. The van der Waals surface area contributed by atoms with E-state index in [-0.39, 0.29) is 32.3 Å². The molecule has 68 heavy (non-hydrogen) atoms. The SMILES string of the molecule is CC/C=C\C/C=C\C/C=C\C/C=C\C/C=C\C/C=C\CCCCCCCOCC(COP(=O)(O)OCCN)OC(=O)CCCCCCCCCCCC/C=C\C/C=C\C/C=C\CCCCCCC. The molecule has 3 N–H and O–H groups in total. The fourth-order valence-corrected chi connectivity index (χ4v) is 7.95. The van der Waals surface area contributed by atoms with Crippen molar-refractivity contribution in [2.45, 2.75) is 225 Å². The molecule has 0 fully saturated rings. The smallest absolute Gasteiger partial charge is 0.457 e. The zero-order chi connectivity index (χ0) is 49.4. The van der Waals surface area contributed by atoms with Gasteiger partial charge in [0, 0.05) is 19.6 Å². The number of rotatable bonds is 51. The van der Waals surface area contributed by atoms with Crippen LogP contribution in [0.15, 0.2) is 109 Å². The fraction of sp³-hybridized carbons (Fsp3) is 0.678. The van der Waals surface area contributed by atoms with E-state index in [9.17, 15) is 14.3 Å². The molecule has 0 aliphatic heterocycles. The van der Waals surface area contributed by atoms with E-state index in [4.69, 9.17) is 24.3 Å². The minimum Gasteiger partial charge on any atom is -0.457 e. The van der Waals surface area contributed by atoms with Crippen molar-refractivity contribution in [3.05, 3.63) is 109 Å². The highest BCUT2D eigenvalue weighted by Crippen LogP contribution is 2.43. The topological polar surface area (TPSA) is 117 Å². The van der Waals surface area contributed by atoms with Crippen molar-refractivity contribution in [1.29, 1.82) is 0 Å². The third kappa shape index (κ3) is 54.1. The van der Waals surface area contributed by atoms with Crippen LogP contribution in [0.2, 0.25) is 0 Å². The molecular formula is C59H102NO7P. The highest BCUT2D eigenvalue weighted by Gasteiger charge is 2.25. The maximum absolute atomic E-state index is 12.7. The van der Waals surface area contributed by atoms with E-state index in [0.29, 0.717) is 13.0 Å². The Labute approximate surface area is 418 Å². The number of carbonyl (C=O) groups is 1. The van der Waals surface area contributed by atoms with Crippen LogP contribution >= 0.6 is 7.82 Å². The maximum atomic E-state index is 12.7. The van der Waals surface area contributed by atoms with Gasteiger partial charge in [0.25, 0.3) is 0 Å². The van der Waals surface area contributed by atoms with Gasteiger partial charge < -0.3 is 20.1 Å². The number of nitrogens with two attached hydrogens (primary N) is 1. The number of ether oxygens (including phenoxy) is 2. The molecule has 0 heterocycles. The minimum atomic E-state index is -4.30. The normalized spacial score (nSPS) is 14.1. The molecule has 0 saturated heterocycles. The van der Waals surface area contributed by atoms with Crippen molar-refractivity contribution < 1.29 is 32.8 Å². The molecule has 8 nitrogen and oxygen atoms in total. The third-order valence-electron chi connectivity index (χ3n) is 11.2. The Hall–Kier alpha value is -2.84. The van der Waals surface area contributed by atoms with E-state index in [0.717, 1.165) is 96.3 Å². The minimum absolute atomic E-state index is 0.0900. The molecule has 0 radical (unpaired) electrons. The average molecular weight is 968 g/mol. The quantitative estimate of drug-likeness (QED) is 0.0268. The van der Waals surface area contributed by atoms with Crippen LogP contribution in [0.1, 0.15) is 219 Å². The fourth-order valence-electron chi connectivity index (χ4n) is 7.18. The van der Waals surface area contributed by atoms with E-state index in [1.165, 1.54) is 103 Å². The summed E-state index contributed by atoms with van der Waals surface area (Å²) in [6.07, 6.45) is 75.5. The van der Waals surface area contributed by atoms with E-state index in [2.05, 4.69) is 123 Å². The molecule has 0 aliphatic carbocycles.